The molecule has 1 unspecified atom stereocenters. The first-order valence-corrected chi connectivity index (χ1v) is 5.43. The van der Waals surface area contributed by atoms with Crippen LogP contribution in [0.3, 0.4) is 0 Å². The van der Waals surface area contributed by atoms with E-state index in [-0.39, 0.29) is 0 Å². The van der Waals surface area contributed by atoms with E-state index in [0.717, 1.165) is 12.5 Å². The van der Waals surface area contributed by atoms with Gasteiger partial charge in [-0.2, -0.15) is 0 Å². The lowest BCUT2D eigenvalue weighted by Crippen LogP contribution is -2.25. The highest BCUT2D eigenvalue weighted by Gasteiger charge is 2.42. The maximum absolute atomic E-state index is 3.48. The molecular weight excluding hydrogens is 146 g/mol. The van der Waals surface area contributed by atoms with Crippen molar-refractivity contribution >= 4 is 0 Å². The summed E-state index contributed by atoms with van der Waals surface area (Å²) in [6, 6.07) is 0. The van der Waals surface area contributed by atoms with Crippen LogP contribution in [0, 0.1) is 11.3 Å². The van der Waals surface area contributed by atoms with Crippen LogP contribution in [0.4, 0.5) is 0 Å². The maximum Gasteiger partial charge on any atom is 0.000780 e. The molecule has 0 spiro atoms. The van der Waals surface area contributed by atoms with Crippen LogP contribution in [0.25, 0.3) is 0 Å². The molecule has 1 rings (SSSR count). The molecule has 1 heteroatoms. The molecule has 0 bridgehead atoms. The van der Waals surface area contributed by atoms with E-state index in [1.165, 1.54) is 32.2 Å². The number of hydrogen-bond donors (Lipinski definition) is 1. The highest BCUT2D eigenvalue weighted by atomic mass is 14.9. The van der Waals surface area contributed by atoms with Gasteiger partial charge in [-0.1, -0.05) is 27.2 Å². The number of rotatable bonds is 6. The third-order valence-electron chi connectivity index (χ3n) is 3.19. The Morgan fingerprint density at radius 2 is 2.00 bits per heavy atom. The van der Waals surface area contributed by atoms with Crippen molar-refractivity contribution in [2.45, 2.75) is 46.5 Å². The van der Waals surface area contributed by atoms with E-state index < -0.39 is 0 Å². The topological polar surface area (TPSA) is 12.0 Å². The van der Waals surface area contributed by atoms with Crippen molar-refractivity contribution in [1.29, 1.82) is 0 Å². The molecule has 0 aromatic carbocycles. The maximum atomic E-state index is 3.48. The van der Waals surface area contributed by atoms with E-state index in [1.807, 2.05) is 0 Å². The lowest BCUT2D eigenvalue weighted by Gasteiger charge is -2.19. The Labute approximate surface area is 76.9 Å². The molecule has 0 aliphatic heterocycles. The van der Waals surface area contributed by atoms with Crippen molar-refractivity contribution in [1.82, 2.24) is 5.32 Å². The van der Waals surface area contributed by atoms with E-state index in [4.69, 9.17) is 0 Å². The minimum atomic E-state index is 0.714. The first-order chi connectivity index (χ1) is 5.72. The second kappa shape index (κ2) is 4.27. The average Bonchev–Trinajstić information content (AvgIpc) is 2.82. The van der Waals surface area contributed by atoms with Gasteiger partial charge in [0.15, 0.2) is 0 Å². The fourth-order valence-corrected chi connectivity index (χ4v) is 1.90. The van der Waals surface area contributed by atoms with Gasteiger partial charge in [-0.15, -0.1) is 0 Å². The van der Waals surface area contributed by atoms with E-state index >= 15 is 0 Å². The largest absolute Gasteiger partial charge is 0.316 e. The molecule has 0 saturated heterocycles. The summed E-state index contributed by atoms with van der Waals surface area (Å²) in [5, 5.41) is 3.48. The lowest BCUT2D eigenvalue weighted by molar-refractivity contribution is 0.348. The molecule has 1 nitrogen and oxygen atoms in total. The van der Waals surface area contributed by atoms with Gasteiger partial charge in [-0.25, -0.2) is 0 Å². The Balaban J connectivity index is 2.20. The van der Waals surface area contributed by atoms with E-state index in [9.17, 15) is 0 Å². The molecule has 0 aromatic heterocycles. The molecule has 1 aliphatic carbocycles. The molecule has 72 valence electrons. The van der Waals surface area contributed by atoms with Gasteiger partial charge in [-0.05, 0) is 37.1 Å². The molecule has 1 aliphatic rings. The third kappa shape index (κ3) is 2.78. The molecule has 12 heavy (non-hydrogen) atoms. The molecule has 0 aromatic rings. The summed E-state index contributed by atoms with van der Waals surface area (Å²) in [4.78, 5) is 0. The quantitative estimate of drug-likeness (QED) is 0.644. The van der Waals surface area contributed by atoms with E-state index in [2.05, 4.69) is 26.1 Å². The fraction of sp³-hybridized carbons (Fsp3) is 1.00. The summed E-state index contributed by atoms with van der Waals surface area (Å²) >= 11 is 0. The first-order valence-electron chi connectivity index (χ1n) is 5.43. The van der Waals surface area contributed by atoms with Crippen LogP contribution < -0.4 is 5.32 Å². The first kappa shape index (κ1) is 10.0. The minimum absolute atomic E-state index is 0.714. The van der Waals surface area contributed by atoms with E-state index in [1.54, 1.807) is 0 Å². The van der Waals surface area contributed by atoms with Crippen molar-refractivity contribution in [3.8, 4) is 0 Å². The molecule has 1 N–H and O–H groups in total. The van der Waals surface area contributed by atoms with Gasteiger partial charge in [0, 0.05) is 6.54 Å². The number of nitrogens with one attached hydrogen (secondary N) is 1. The van der Waals surface area contributed by atoms with Gasteiger partial charge in [0.05, 0.1) is 0 Å². The second-order valence-corrected chi connectivity index (χ2v) is 4.50. The third-order valence-corrected chi connectivity index (χ3v) is 3.19. The van der Waals surface area contributed by atoms with Crippen molar-refractivity contribution in [3.05, 3.63) is 0 Å². The van der Waals surface area contributed by atoms with Crippen LogP contribution in [0.1, 0.15) is 46.5 Å². The normalized spacial score (nSPS) is 22.2. The number of hydrogen-bond acceptors (Lipinski definition) is 1. The predicted octanol–water partition coefficient (Wildman–Crippen LogP) is 2.81. The average molecular weight is 169 g/mol. The van der Waals surface area contributed by atoms with Crippen LogP contribution in [0.15, 0.2) is 0 Å². The van der Waals surface area contributed by atoms with Gasteiger partial charge in [0.1, 0.15) is 0 Å². The summed E-state index contributed by atoms with van der Waals surface area (Å²) in [5.74, 6) is 0.922. The Morgan fingerprint density at radius 1 is 1.33 bits per heavy atom. The Morgan fingerprint density at radius 3 is 2.42 bits per heavy atom. The summed E-state index contributed by atoms with van der Waals surface area (Å²) in [7, 11) is 0. The summed E-state index contributed by atoms with van der Waals surface area (Å²) in [6.07, 6.45) is 5.71. The van der Waals surface area contributed by atoms with Crippen LogP contribution in [0.5, 0.6) is 0 Å². The smallest absolute Gasteiger partial charge is 0.000780 e. The van der Waals surface area contributed by atoms with E-state index in [0.29, 0.717) is 5.41 Å². The van der Waals surface area contributed by atoms with Crippen LogP contribution >= 0.6 is 0 Å². The Hall–Kier alpha value is -0.0400. The van der Waals surface area contributed by atoms with Gasteiger partial charge < -0.3 is 5.32 Å². The lowest BCUT2D eigenvalue weighted by atomic mass is 9.91. The zero-order chi connectivity index (χ0) is 9.03. The van der Waals surface area contributed by atoms with Crippen molar-refractivity contribution in [2.75, 3.05) is 13.1 Å². The highest BCUT2D eigenvalue weighted by molar-refractivity contribution is 4.95. The SMILES string of the molecule is CCNCC1(CC(C)CC)CC1. The molecule has 1 saturated carbocycles. The van der Waals surface area contributed by atoms with Crippen molar-refractivity contribution in [3.63, 3.8) is 0 Å². The zero-order valence-electron chi connectivity index (χ0n) is 8.82. The van der Waals surface area contributed by atoms with Gasteiger partial charge in [0.25, 0.3) is 0 Å². The summed E-state index contributed by atoms with van der Waals surface area (Å²) < 4.78 is 0. The molecule has 0 radical (unpaired) electrons. The van der Waals surface area contributed by atoms with Gasteiger partial charge in [-0.3, -0.25) is 0 Å². The highest BCUT2D eigenvalue weighted by Crippen LogP contribution is 2.50. The monoisotopic (exact) mass is 169 g/mol. The van der Waals surface area contributed by atoms with Crippen LogP contribution in [-0.4, -0.2) is 13.1 Å². The fourth-order valence-electron chi connectivity index (χ4n) is 1.90. The molecule has 1 atom stereocenters. The predicted molar refractivity (Wildman–Crippen MR) is 54.3 cm³/mol. The van der Waals surface area contributed by atoms with Gasteiger partial charge >= 0.3 is 0 Å². The summed E-state index contributed by atoms with van der Waals surface area (Å²) in [6.45, 7) is 9.26. The van der Waals surface area contributed by atoms with Gasteiger partial charge in [0.2, 0.25) is 0 Å². The molecular formula is C11H23N. The summed E-state index contributed by atoms with van der Waals surface area (Å²) in [5.41, 5.74) is 0.714. The van der Waals surface area contributed by atoms with Crippen molar-refractivity contribution < 1.29 is 0 Å². The molecule has 0 heterocycles. The Bertz CT molecular complexity index is 127. The standard InChI is InChI=1S/C11H23N/c1-4-10(3)8-11(6-7-11)9-12-5-2/h10,12H,4-9H2,1-3H3. The Kier molecular flexibility index (Phi) is 3.57. The van der Waals surface area contributed by atoms with Crippen LogP contribution in [-0.2, 0) is 0 Å². The molecule has 1 fully saturated rings. The molecule has 0 amide bonds. The second-order valence-electron chi connectivity index (χ2n) is 4.50. The minimum Gasteiger partial charge on any atom is -0.316 e. The van der Waals surface area contributed by atoms with Crippen LogP contribution in [0.2, 0.25) is 0 Å². The van der Waals surface area contributed by atoms with Crippen molar-refractivity contribution in [2.24, 2.45) is 11.3 Å². The zero-order valence-corrected chi connectivity index (χ0v) is 8.82.